The van der Waals surface area contributed by atoms with Gasteiger partial charge in [0.15, 0.2) is 5.75 Å². The van der Waals surface area contributed by atoms with Gasteiger partial charge in [0.25, 0.3) is 0 Å². The van der Waals surface area contributed by atoms with Gasteiger partial charge in [0.2, 0.25) is 0 Å². The molecule has 0 aromatic heterocycles. The van der Waals surface area contributed by atoms with Crippen LogP contribution in [0.15, 0.2) is 12.1 Å². The van der Waals surface area contributed by atoms with Gasteiger partial charge in [-0.25, -0.2) is 9.18 Å². The molecule has 1 aliphatic carbocycles. The van der Waals surface area contributed by atoms with Crippen molar-refractivity contribution in [3.63, 3.8) is 0 Å². The molecule has 0 radical (unpaired) electrons. The third-order valence-electron chi connectivity index (χ3n) is 3.00. The van der Waals surface area contributed by atoms with E-state index in [0.29, 0.717) is 12.5 Å². The van der Waals surface area contributed by atoms with Gasteiger partial charge in [0.1, 0.15) is 11.4 Å². The average molecular weight is 239 g/mol. The molecule has 0 bridgehead atoms. The standard InChI is InChI=1S/C12H14FNO3/c13-8-4-9(12(15)16)11(10(14)5-8)17-6-7-2-1-3-7/h4-5,7H,1-3,6,14H2,(H,15,16). The zero-order valence-corrected chi connectivity index (χ0v) is 9.28. The van der Waals surface area contributed by atoms with E-state index in [2.05, 4.69) is 0 Å². The molecule has 0 heterocycles. The fourth-order valence-corrected chi connectivity index (χ4v) is 1.80. The minimum Gasteiger partial charge on any atom is -0.490 e. The maximum absolute atomic E-state index is 13.0. The Hall–Kier alpha value is -1.78. The summed E-state index contributed by atoms with van der Waals surface area (Å²) in [4.78, 5) is 11.0. The highest BCUT2D eigenvalue weighted by molar-refractivity contribution is 5.93. The van der Waals surface area contributed by atoms with Crippen LogP contribution in [0, 0.1) is 11.7 Å². The summed E-state index contributed by atoms with van der Waals surface area (Å²) in [6.45, 7) is 0.441. The Bertz CT molecular complexity index is 444. The lowest BCUT2D eigenvalue weighted by molar-refractivity contribution is 0.0689. The molecule has 0 amide bonds. The fourth-order valence-electron chi connectivity index (χ4n) is 1.80. The summed E-state index contributed by atoms with van der Waals surface area (Å²) in [6, 6.07) is 2.00. The highest BCUT2D eigenvalue weighted by atomic mass is 19.1. The van der Waals surface area contributed by atoms with E-state index < -0.39 is 11.8 Å². The molecule has 17 heavy (non-hydrogen) atoms. The van der Waals surface area contributed by atoms with Crippen molar-refractivity contribution in [2.75, 3.05) is 12.3 Å². The first-order valence-electron chi connectivity index (χ1n) is 5.53. The normalized spacial score (nSPS) is 15.4. The van der Waals surface area contributed by atoms with E-state index >= 15 is 0 Å². The second-order valence-electron chi connectivity index (χ2n) is 4.28. The number of hydrogen-bond donors (Lipinski definition) is 2. The molecule has 92 valence electrons. The lowest BCUT2D eigenvalue weighted by Crippen LogP contribution is -2.20. The number of ether oxygens (including phenoxy) is 1. The van der Waals surface area contributed by atoms with E-state index in [1.165, 1.54) is 6.42 Å². The highest BCUT2D eigenvalue weighted by Crippen LogP contribution is 2.31. The van der Waals surface area contributed by atoms with Gasteiger partial charge in [0, 0.05) is 6.07 Å². The second kappa shape index (κ2) is 4.61. The lowest BCUT2D eigenvalue weighted by Gasteiger charge is -2.25. The molecule has 0 atom stereocenters. The minimum atomic E-state index is -1.24. The molecule has 1 aromatic carbocycles. The highest BCUT2D eigenvalue weighted by Gasteiger charge is 2.21. The molecule has 1 aliphatic rings. The third-order valence-corrected chi connectivity index (χ3v) is 3.00. The van der Waals surface area contributed by atoms with Crippen LogP contribution in [0.1, 0.15) is 29.6 Å². The zero-order chi connectivity index (χ0) is 12.4. The summed E-state index contributed by atoms with van der Waals surface area (Å²) in [5.74, 6) is -1.37. The number of halogens is 1. The van der Waals surface area contributed by atoms with Crippen LogP contribution < -0.4 is 10.5 Å². The van der Waals surface area contributed by atoms with E-state index in [0.717, 1.165) is 25.0 Å². The molecule has 0 unspecified atom stereocenters. The van der Waals surface area contributed by atoms with E-state index in [9.17, 15) is 9.18 Å². The van der Waals surface area contributed by atoms with Gasteiger partial charge in [-0.05, 0) is 24.8 Å². The maximum Gasteiger partial charge on any atom is 0.339 e. The van der Waals surface area contributed by atoms with Gasteiger partial charge in [-0.1, -0.05) is 6.42 Å². The molecule has 0 aliphatic heterocycles. The number of carbonyl (C=O) groups is 1. The van der Waals surface area contributed by atoms with Crippen LogP contribution in [-0.2, 0) is 0 Å². The molecule has 0 spiro atoms. The molecular formula is C12H14FNO3. The second-order valence-corrected chi connectivity index (χ2v) is 4.28. The van der Waals surface area contributed by atoms with Crippen molar-refractivity contribution in [3.8, 4) is 5.75 Å². The molecule has 0 saturated heterocycles. The van der Waals surface area contributed by atoms with Gasteiger partial charge < -0.3 is 15.6 Å². The Labute approximate surface area is 98.2 Å². The van der Waals surface area contributed by atoms with Crippen LogP contribution in [0.25, 0.3) is 0 Å². The van der Waals surface area contributed by atoms with Crippen LogP contribution >= 0.6 is 0 Å². The monoisotopic (exact) mass is 239 g/mol. The number of carboxylic acids is 1. The van der Waals surface area contributed by atoms with Gasteiger partial charge >= 0.3 is 5.97 Å². The van der Waals surface area contributed by atoms with Gasteiger partial charge in [0.05, 0.1) is 12.3 Å². The predicted molar refractivity (Wildman–Crippen MR) is 60.6 cm³/mol. The lowest BCUT2D eigenvalue weighted by atomic mass is 9.86. The van der Waals surface area contributed by atoms with Gasteiger partial charge in [-0.15, -0.1) is 0 Å². The Kier molecular flexibility index (Phi) is 3.17. The Balaban J connectivity index is 2.20. The Morgan fingerprint density at radius 2 is 2.24 bits per heavy atom. The number of rotatable bonds is 4. The largest absolute Gasteiger partial charge is 0.490 e. The van der Waals surface area contributed by atoms with E-state index in [-0.39, 0.29) is 17.0 Å². The molecule has 4 nitrogen and oxygen atoms in total. The molecular weight excluding hydrogens is 225 g/mol. The van der Waals surface area contributed by atoms with E-state index in [4.69, 9.17) is 15.6 Å². The van der Waals surface area contributed by atoms with Crippen molar-refractivity contribution in [2.45, 2.75) is 19.3 Å². The topological polar surface area (TPSA) is 72.6 Å². The Morgan fingerprint density at radius 1 is 1.53 bits per heavy atom. The predicted octanol–water partition coefficient (Wildman–Crippen LogP) is 2.29. The summed E-state index contributed by atoms with van der Waals surface area (Å²) in [7, 11) is 0. The number of anilines is 1. The zero-order valence-electron chi connectivity index (χ0n) is 9.28. The smallest absolute Gasteiger partial charge is 0.339 e. The first kappa shape index (κ1) is 11.7. The van der Waals surface area contributed by atoms with Crippen LogP contribution in [0.2, 0.25) is 0 Å². The number of carboxylic acid groups (broad SMARTS) is 1. The number of aromatic carboxylic acids is 1. The Morgan fingerprint density at radius 3 is 2.76 bits per heavy atom. The molecule has 3 N–H and O–H groups in total. The molecule has 1 aromatic rings. The SMILES string of the molecule is Nc1cc(F)cc(C(=O)O)c1OCC1CCC1. The van der Waals surface area contributed by atoms with Crippen LogP contribution in [0.4, 0.5) is 10.1 Å². The molecule has 1 fully saturated rings. The van der Waals surface area contributed by atoms with Crippen LogP contribution in [0.5, 0.6) is 5.75 Å². The first-order chi connectivity index (χ1) is 8.08. The van der Waals surface area contributed by atoms with Crippen molar-refractivity contribution in [2.24, 2.45) is 5.92 Å². The maximum atomic E-state index is 13.0. The average Bonchev–Trinajstić information content (AvgIpc) is 2.17. The third kappa shape index (κ3) is 2.49. The summed E-state index contributed by atoms with van der Waals surface area (Å²) in [5, 5.41) is 8.95. The first-order valence-corrected chi connectivity index (χ1v) is 5.53. The minimum absolute atomic E-state index is 0.0294. The fraction of sp³-hybridized carbons (Fsp3) is 0.417. The van der Waals surface area contributed by atoms with Gasteiger partial charge in [-0.3, -0.25) is 0 Å². The van der Waals surface area contributed by atoms with Crippen LogP contribution in [0.3, 0.4) is 0 Å². The number of hydrogen-bond acceptors (Lipinski definition) is 3. The molecule has 1 saturated carbocycles. The summed E-state index contributed by atoms with van der Waals surface area (Å²) in [6.07, 6.45) is 3.35. The number of benzene rings is 1. The van der Waals surface area contributed by atoms with E-state index in [1.807, 2.05) is 0 Å². The summed E-state index contributed by atoms with van der Waals surface area (Å²) >= 11 is 0. The van der Waals surface area contributed by atoms with Crippen molar-refractivity contribution in [3.05, 3.63) is 23.5 Å². The quantitative estimate of drug-likeness (QED) is 0.790. The molecule has 5 heteroatoms. The number of nitrogen functional groups attached to an aromatic ring is 1. The van der Waals surface area contributed by atoms with E-state index in [1.54, 1.807) is 0 Å². The van der Waals surface area contributed by atoms with Crippen molar-refractivity contribution in [1.82, 2.24) is 0 Å². The summed E-state index contributed by atoms with van der Waals surface area (Å²) < 4.78 is 18.5. The van der Waals surface area contributed by atoms with Gasteiger partial charge in [-0.2, -0.15) is 0 Å². The molecule has 2 rings (SSSR count). The summed E-state index contributed by atoms with van der Waals surface area (Å²) in [5.41, 5.74) is 5.39. The number of nitrogens with two attached hydrogens (primary N) is 1. The van der Waals surface area contributed by atoms with Crippen LogP contribution in [-0.4, -0.2) is 17.7 Å². The van der Waals surface area contributed by atoms with Crippen molar-refractivity contribution >= 4 is 11.7 Å². The van der Waals surface area contributed by atoms with Crippen molar-refractivity contribution in [1.29, 1.82) is 0 Å². The van der Waals surface area contributed by atoms with Crippen molar-refractivity contribution < 1.29 is 19.0 Å².